The minimum absolute atomic E-state index is 0.0710. The first kappa shape index (κ1) is 22.2. The Morgan fingerprint density at radius 3 is 2.68 bits per heavy atom. The highest BCUT2D eigenvalue weighted by molar-refractivity contribution is 8.07. The van der Waals surface area contributed by atoms with Crippen molar-refractivity contribution in [3.8, 4) is 5.75 Å². The Morgan fingerprint density at radius 2 is 2.00 bits per heavy atom. The number of aromatic hydroxyl groups is 1. The molecule has 7 heteroatoms. The molecule has 160 valence electrons. The first-order valence-corrected chi connectivity index (χ1v) is 10.7. The molecule has 1 aromatic heterocycles. The Kier molecular flexibility index (Phi) is 7.20. The van der Waals surface area contributed by atoms with Gasteiger partial charge in [-0.3, -0.25) is 9.36 Å². The maximum Gasteiger partial charge on any atom is 0.217 e. The minimum atomic E-state index is -0.266. The third-order valence-corrected chi connectivity index (χ3v) is 5.75. The van der Waals surface area contributed by atoms with Crippen LogP contribution in [0.25, 0.3) is 16.7 Å². The third kappa shape index (κ3) is 6.02. The summed E-state index contributed by atoms with van der Waals surface area (Å²) in [7, 11) is 0. The molecule has 1 amide bonds. The lowest BCUT2D eigenvalue weighted by Crippen LogP contribution is -2.10. The lowest BCUT2D eigenvalue weighted by molar-refractivity contribution is -0.118. The van der Waals surface area contributed by atoms with E-state index in [4.69, 9.17) is 11.5 Å². The second kappa shape index (κ2) is 10.0. The molecular formula is C24H26N4O2S. The number of carbonyl (C=O) groups excluding carboxylic acids is 1. The molecule has 0 saturated heterocycles. The number of aryl methyl sites for hydroxylation is 1. The number of nitrogens with two attached hydrogens (primary N) is 2. The molecule has 0 atom stereocenters. The molecule has 0 unspecified atom stereocenters. The van der Waals surface area contributed by atoms with Gasteiger partial charge >= 0.3 is 0 Å². The SMILES string of the molecule is C=C(Sc1ccc(CCCC(N)=O)cc1)n1ccnc1/C=C(\C)c1ccc(O)c(N)c1. The highest BCUT2D eigenvalue weighted by Gasteiger charge is 2.08. The highest BCUT2D eigenvalue weighted by atomic mass is 32.2. The highest BCUT2D eigenvalue weighted by Crippen LogP contribution is 2.31. The number of anilines is 1. The maximum atomic E-state index is 10.9. The predicted octanol–water partition coefficient (Wildman–Crippen LogP) is 4.76. The molecule has 3 aromatic rings. The van der Waals surface area contributed by atoms with Crippen molar-refractivity contribution < 1.29 is 9.90 Å². The molecule has 3 rings (SSSR count). The van der Waals surface area contributed by atoms with Gasteiger partial charge in [-0.1, -0.05) is 36.5 Å². The van der Waals surface area contributed by atoms with Crippen LogP contribution < -0.4 is 11.5 Å². The summed E-state index contributed by atoms with van der Waals surface area (Å²) in [5.74, 6) is 0.559. The number of allylic oxidation sites excluding steroid dienone is 1. The molecule has 0 aliphatic heterocycles. The Morgan fingerprint density at radius 1 is 1.26 bits per heavy atom. The molecule has 6 nitrogen and oxygen atoms in total. The van der Waals surface area contributed by atoms with E-state index in [2.05, 4.69) is 23.7 Å². The van der Waals surface area contributed by atoms with E-state index in [1.165, 1.54) is 5.56 Å². The maximum absolute atomic E-state index is 10.9. The van der Waals surface area contributed by atoms with E-state index in [9.17, 15) is 9.90 Å². The zero-order chi connectivity index (χ0) is 22.4. The van der Waals surface area contributed by atoms with Crippen molar-refractivity contribution in [3.63, 3.8) is 0 Å². The molecular weight excluding hydrogens is 408 g/mol. The van der Waals surface area contributed by atoms with E-state index in [0.29, 0.717) is 12.1 Å². The second-order valence-electron chi connectivity index (χ2n) is 7.22. The Labute approximate surface area is 186 Å². The number of rotatable bonds is 9. The standard InChI is InChI=1S/C24H26N4O2S/c1-16(19-8-11-22(29)21(25)15-19)14-24-27-12-13-28(24)17(2)31-20-9-6-18(7-10-20)4-3-5-23(26)30/h6-15,29H,2-5,25H2,1H3,(H2,26,30)/b16-14+. The number of phenolic OH excluding ortho intramolecular Hbond substituents is 1. The zero-order valence-electron chi connectivity index (χ0n) is 17.4. The van der Waals surface area contributed by atoms with Crippen LogP contribution in [0.3, 0.4) is 0 Å². The molecule has 0 spiro atoms. The average Bonchev–Trinajstić information content (AvgIpc) is 3.19. The Bertz CT molecular complexity index is 1120. The summed E-state index contributed by atoms with van der Waals surface area (Å²) in [6.07, 6.45) is 7.55. The zero-order valence-corrected chi connectivity index (χ0v) is 18.2. The average molecular weight is 435 g/mol. The lowest BCUT2D eigenvalue weighted by Gasteiger charge is -2.10. The van der Waals surface area contributed by atoms with E-state index >= 15 is 0 Å². The number of thioether (sulfide) groups is 1. The number of primary amides is 1. The first-order valence-electron chi connectivity index (χ1n) is 9.88. The van der Waals surface area contributed by atoms with Gasteiger partial charge in [-0.25, -0.2) is 4.98 Å². The molecule has 0 aliphatic rings. The van der Waals surface area contributed by atoms with Gasteiger partial charge in [0.1, 0.15) is 11.6 Å². The van der Waals surface area contributed by atoms with Crippen molar-refractivity contribution in [2.24, 2.45) is 5.73 Å². The van der Waals surface area contributed by atoms with Crippen molar-refractivity contribution in [1.29, 1.82) is 0 Å². The molecule has 2 aromatic carbocycles. The van der Waals surface area contributed by atoms with Crippen LogP contribution in [-0.2, 0) is 11.2 Å². The van der Waals surface area contributed by atoms with E-state index in [0.717, 1.165) is 39.7 Å². The molecule has 0 radical (unpaired) electrons. The van der Waals surface area contributed by atoms with E-state index in [-0.39, 0.29) is 11.7 Å². The van der Waals surface area contributed by atoms with Crippen LogP contribution in [0.2, 0.25) is 0 Å². The number of carbonyl (C=O) groups is 1. The van der Waals surface area contributed by atoms with Gasteiger partial charge in [0, 0.05) is 23.7 Å². The minimum Gasteiger partial charge on any atom is -0.506 e. The predicted molar refractivity (Wildman–Crippen MR) is 128 cm³/mol. The van der Waals surface area contributed by atoms with Gasteiger partial charge in [0.05, 0.1) is 10.7 Å². The number of benzene rings is 2. The van der Waals surface area contributed by atoms with Gasteiger partial charge < -0.3 is 16.6 Å². The number of nitrogen functional groups attached to an aromatic ring is 1. The van der Waals surface area contributed by atoms with Crippen molar-refractivity contribution in [2.75, 3.05) is 5.73 Å². The fourth-order valence-corrected chi connectivity index (χ4v) is 3.88. The monoisotopic (exact) mass is 434 g/mol. The van der Waals surface area contributed by atoms with Gasteiger partial charge in [-0.2, -0.15) is 0 Å². The third-order valence-electron chi connectivity index (χ3n) is 4.81. The van der Waals surface area contributed by atoms with Gasteiger partial charge in [0.2, 0.25) is 5.91 Å². The Balaban J connectivity index is 1.69. The van der Waals surface area contributed by atoms with Crippen LogP contribution in [-0.4, -0.2) is 20.6 Å². The molecule has 0 saturated carbocycles. The number of phenols is 1. The van der Waals surface area contributed by atoms with Crippen LogP contribution in [0.4, 0.5) is 5.69 Å². The number of hydrogen-bond acceptors (Lipinski definition) is 5. The number of nitrogens with zero attached hydrogens (tertiary/aromatic N) is 2. The summed E-state index contributed by atoms with van der Waals surface area (Å²) in [4.78, 5) is 16.4. The van der Waals surface area contributed by atoms with E-state index in [1.54, 1.807) is 30.1 Å². The first-order chi connectivity index (χ1) is 14.8. The van der Waals surface area contributed by atoms with Crippen LogP contribution >= 0.6 is 11.8 Å². The Hall–Kier alpha value is -3.45. The number of imidazole rings is 1. The van der Waals surface area contributed by atoms with Crippen molar-refractivity contribution in [2.45, 2.75) is 31.1 Å². The molecule has 0 fully saturated rings. The van der Waals surface area contributed by atoms with E-state index < -0.39 is 0 Å². The smallest absolute Gasteiger partial charge is 0.217 e. The van der Waals surface area contributed by atoms with E-state index in [1.807, 2.05) is 42.0 Å². The van der Waals surface area contributed by atoms with Crippen molar-refractivity contribution in [3.05, 3.63) is 78.4 Å². The van der Waals surface area contributed by atoms with Crippen LogP contribution in [0.1, 0.15) is 36.7 Å². The quantitative estimate of drug-likeness (QED) is 0.256. The van der Waals surface area contributed by atoms with Crippen LogP contribution in [0, 0.1) is 0 Å². The van der Waals surface area contributed by atoms with Crippen LogP contribution in [0.5, 0.6) is 5.75 Å². The number of hydrogen-bond donors (Lipinski definition) is 3. The summed E-state index contributed by atoms with van der Waals surface area (Å²) in [5.41, 5.74) is 14.4. The molecule has 5 N–H and O–H groups in total. The normalized spacial score (nSPS) is 11.5. The molecule has 31 heavy (non-hydrogen) atoms. The summed E-state index contributed by atoms with van der Waals surface area (Å²) in [5, 5.41) is 10.4. The number of amides is 1. The van der Waals surface area contributed by atoms with Gasteiger partial charge in [0.15, 0.2) is 0 Å². The van der Waals surface area contributed by atoms with Gasteiger partial charge in [-0.15, -0.1) is 0 Å². The summed E-state index contributed by atoms with van der Waals surface area (Å²) in [6, 6.07) is 13.4. The lowest BCUT2D eigenvalue weighted by atomic mass is 10.1. The molecule has 0 aliphatic carbocycles. The largest absolute Gasteiger partial charge is 0.506 e. The summed E-state index contributed by atoms with van der Waals surface area (Å²) >= 11 is 1.55. The molecule has 1 heterocycles. The second-order valence-corrected chi connectivity index (χ2v) is 8.36. The topological polar surface area (TPSA) is 107 Å². The fourth-order valence-electron chi connectivity index (χ4n) is 3.09. The van der Waals surface area contributed by atoms with Crippen molar-refractivity contribution >= 4 is 40.0 Å². The summed E-state index contributed by atoms with van der Waals surface area (Å²) in [6.45, 7) is 6.17. The van der Waals surface area contributed by atoms with Crippen molar-refractivity contribution in [1.82, 2.24) is 9.55 Å². The fraction of sp³-hybridized carbons (Fsp3) is 0.167. The van der Waals surface area contributed by atoms with Gasteiger partial charge in [-0.05, 0) is 66.8 Å². The molecule has 0 bridgehead atoms. The van der Waals surface area contributed by atoms with Gasteiger partial charge in [0.25, 0.3) is 0 Å². The number of aromatic nitrogens is 2. The summed E-state index contributed by atoms with van der Waals surface area (Å²) < 4.78 is 1.93. The van der Waals surface area contributed by atoms with Crippen LogP contribution in [0.15, 0.2) is 66.3 Å².